The first kappa shape index (κ1) is 21.1. The molecule has 0 N–H and O–H groups in total. The minimum absolute atomic E-state index is 0.0589. The van der Waals surface area contributed by atoms with Crippen LogP contribution in [0.3, 0.4) is 0 Å². The molecule has 1 amide bonds. The molecule has 3 saturated carbocycles. The van der Waals surface area contributed by atoms with Crippen LogP contribution >= 0.6 is 0 Å². The smallest absolute Gasteiger partial charge is 0.226 e. The van der Waals surface area contributed by atoms with Crippen molar-refractivity contribution in [3.8, 4) is 0 Å². The Hall–Kier alpha value is -1.19. The summed E-state index contributed by atoms with van der Waals surface area (Å²) in [5, 5.41) is 0. The molecule has 0 spiro atoms. The third-order valence-electron chi connectivity index (χ3n) is 9.70. The van der Waals surface area contributed by atoms with Gasteiger partial charge in [-0.15, -0.1) is 0 Å². The van der Waals surface area contributed by atoms with Gasteiger partial charge in [-0.05, 0) is 75.5 Å². The van der Waals surface area contributed by atoms with Crippen LogP contribution in [0.4, 0.5) is 0 Å². The summed E-state index contributed by atoms with van der Waals surface area (Å²) in [7, 11) is 0. The molecule has 162 valence electrons. The molecule has 0 radical (unpaired) electrons. The van der Waals surface area contributed by atoms with E-state index in [1.165, 1.54) is 18.6 Å². The van der Waals surface area contributed by atoms with Gasteiger partial charge in [0.05, 0.1) is 5.92 Å². The van der Waals surface area contributed by atoms with Crippen molar-refractivity contribution >= 4 is 17.4 Å². The quantitative estimate of drug-likeness (QED) is 0.683. The number of carbonyl (C=O) groups is 2. The first-order valence-corrected chi connectivity index (χ1v) is 12.2. The van der Waals surface area contributed by atoms with E-state index in [-0.39, 0.29) is 22.7 Å². The van der Waals surface area contributed by atoms with Crippen LogP contribution in [0.2, 0.25) is 0 Å². The maximum Gasteiger partial charge on any atom is 0.226 e. The molecule has 1 aliphatic heterocycles. The number of amides is 1. The summed E-state index contributed by atoms with van der Waals surface area (Å²) in [6.07, 6.45) is 7.17. The highest BCUT2D eigenvalue weighted by atomic mass is 16.2. The highest BCUT2D eigenvalue weighted by molar-refractivity contribution is 6.10. The highest BCUT2D eigenvalue weighted by Crippen LogP contribution is 2.64. The van der Waals surface area contributed by atoms with Crippen molar-refractivity contribution in [1.82, 2.24) is 4.90 Å². The lowest BCUT2D eigenvalue weighted by Gasteiger charge is -2.57. The van der Waals surface area contributed by atoms with Gasteiger partial charge in [0.1, 0.15) is 5.78 Å². The third-order valence-corrected chi connectivity index (χ3v) is 9.70. The second kappa shape index (κ2) is 7.50. The van der Waals surface area contributed by atoms with Crippen molar-refractivity contribution in [3.63, 3.8) is 0 Å². The third kappa shape index (κ3) is 2.95. The summed E-state index contributed by atoms with van der Waals surface area (Å²) in [6, 6.07) is 0. The van der Waals surface area contributed by atoms with Crippen molar-refractivity contribution in [2.45, 2.75) is 79.6 Å². The molecule has 4 heteroatoms. The summed E-state index contributed by atoms with van der Waals surface area (Å²) < 4.78 is 0. The zero-order valence-corrected chi connectivity index (χ0v) is 19.2. The second-order valence-corrected chi connectivity index (χ2v) is 10.6. The standard InChI is InChI=1S/C25H40N2O2/c1-6-16-21(28)12-14-25(5)19-11-13-24(4)18(17(19)15-26-22(16)25)9-10-20(24)23(29)27(7-2)8-3/h16-20H,6-15H2,1-5H3/t16?,17?,18?,19?,20-,24+,25-/m1/s1. The Labute approximate surface area is 176 Å². The zero-order valence-electron chi connectivity index (χ0n) is 19.2. The summed E-state index contributed by atoms with van der Waals surface area (Å²) in [6.45, 7) is 13.7. The fourth-order valence-electron chi connectivity index (χ4n) is 8.02. The largest absolute Gasteiger partial charge is 0.343 e. The molecule has 3 fully saturated rings. The Morgan fingerprint density at radius 3 is 2.45 bits per heavy atom. The molecule has 0 bridgehead atoms. The van der Waals surface area contributed by atoms with Crippen molar-refractivity contribution in [2.24, 2.45) is 45.4 Å². The van der Waals surface area contributed by atoms with E-state index in [0.717, 1.165) is 51.7 Å². The number of carbonyl (C=O) groups excluding carboxylic acids is 2. The fraction of sp³-hybridized carbons (Fsp3) is 0.880. The van der Waals surface area contributed by atoms with Gasteiger partial charge in [-0.1, -0.05) is 20.8 Å². The molecular formula is C25H40N2O2. The van der Waals surface area contributed by atoms with Crippen molar-refractivity contribution < 1.29 is 9.59 Å². The Morgan fingerprint density at radius 2 is 1.79 bits per heavy atom. The Balaban J connectivity index is 1.63. The van der Waals surface area contributed by atoms with E-state index in [4.69, 9.17) is 4.99 Å². The van der Waals surface area contributed by atoms with Crippen molar-refractivity contribution in [2.75, 3.05) is 19.6 Å². The lowest BCUT2D eigenvalue weighted by atomic mass is 9.48. The number of aliphatic imine (C=N–C) groups is 1. The molecule has 4 unspecified atom stereocenters. The van der Waals surface area contributed by atoms with Crippen LogP contribution in [0.15, 0.2) is 4.99 Å². The van der Waals surface area contributed by atoms with Gasteiger partial charge >= 0.3 is 0 Å². The average molecular weight is 401 g/mol. The molecule has 3 aliphatic carbocycles. The van der Waals surface area contributed by atoms with E-state index < -0.39 is 0 Å². The average Bonchev–Trinajstić information content (AvgIpc) is 3.06. The van der Waals surface area contributed by atoms with E-state index >= 15 is 0 Å². The van der Waals surface area contributed by atoms with Gasteiger partial charge in [-0.2, -0.15) is 0 Å². The Bertz CT molecular complexity index is 712. The van der Waals surface area contributed by atoms with E-state index in [1.54, 1.807) is 0 Å². The van der Waals surface area contributed by atoms with Crippen LogP contribution in [0, 0.1) is 40.4 Å². The molecule has 0 saturated heterocycles. The highest BCUT2D eigenvalue weighted by Gasteiger charge is 2.61. The normalized spacial score (nSPS) is 43.8. The number of ketones is 1. The molecule has 29 heavy (non-hydrogen) atoms. The Kier molecular flexibility index (Phi) is 5.44. The van der Waals surface area contributed by atoms with E-state index in [2.05, 4.69) is 34.6 Å². The first-order chi connectivity index (χ1) is 13.8. The molecule has 4 aliphatic rings. The van der Waals surface area contributed by atoms with Gasteiger partial charge < -0.3 is 4.90 Å². The van der Waals surface area contributed by atoms with Crippen LogP contribution in [-0.4, -0.2) is 41.9 Å². The molecule has 4 rings (SSSR count). The van der Waals surface area contributed by atoms with Gasteiger partial charge in [0, 0.05) is 43.1 Å². The number of rotatable bonds is 4. The maximum absolute atomic E-state index is 13.3. The van der Waals surface area contributed by atoms with Gasteiger partial charge in [0.15, 0.2) is 0 Å². The topological polar surface area (TPSA) is 49.7 Å². The van der Waals surface area contributed by atoms with Gasteiger partial charge in [-0.3, -0.25) is 14.6 Å². The minimum atomic E-state index is 0.0589. The van der Waals surface area contributed by atoms with Crippen molar-refractivity contribution in [3.05, 3.63) is 0 Å². The summed E-state index contributed by atoms with van der Waals surface area (Å²) in [5.74, 6) is 2.87. The van der Waals surface area contributed by atoms with Crippen LogP contribution in [0.5, 0.6) is 0 Å². The second-order valence-electron chi connectivity index (χ2n) is 10.6. The summed E-state index contributed by atoms with van der Waals surface area (Å²) in [5.41, 5.74) is 1.45. The van der Waals surface area contributed by atoms with E-state index in [1.807, 2.05) is 4.90 Å². The number of hydrogen-bond donors (Lipinski definition) is 0. The lowest BCUT2D eigenvalue weighted by molar-refractivity contribution is -0.142. The fourth-order valence-corrected chi connectivity index (χ4v) is 8.02. The molecule has 0 aromatic carbocycles. The van der Waals surface area contributed by atoms with Gasteiger partial charge in [0.2, 0.25) is 5.91 Å². The van der Waals surface area contributed by atoms with Gasteiger partial charge in [0.25, 0.3) is 0 Å². The molecular weight excluding hydrogens is 360 g/mol. The van der Waals surface area contributed by atoms with Crippen LogP contribution in [0.25, 0.3) is 0 Å². The predicted molar refractivity (Wildman–Crippen MR) is 117 cm³/mol. The monoisotopic (exact) mass is 400 g/mol. The van der Waals surface area contributed by atoms with E-state index in [0.29, 0.717) is 29.4 Å². The predicted octanol–water partition coefficient (Wildman–Crippen LogP) is 4.76. The minimum Gasteiger partial charge on any atom is -0.343 e. The number of fused-ring (bicyclic) bond motifs is 5. The summed E-state index contributed by atoms with van der Waals surface area (Å²) in [4.78, 5) is 33.0. The van der Waals surface area contributed by atoms with Crippen LogP contribution in [0.1, 0.15) is 79.6 Å². The molecule has 4 nitrogen and oxygen atoms in total. The zero-order chi connectivity index (χ0) is 21.0. The van der Waals surface area contributed by atoms with Crippen molar-refractivity contribution in [1.29, 1.82) is 0 Å². The molecule has 1 heterocycles. The number of Topliss-reactive ketones (excluding diaryl/α,β-unsaturated/α-hetero) is 1. The molecule has 0 aromatic heterocycles. The van der Waals surface area contributed by atoms with Crippen LogP contribution < -0.4 is 0 Å². The van der Waals surface area contributed by atoms with Gasteiger partial charge in [-0.25, -0.2) is 0 Å². The lowest BCUT2D eigenvalue weighted by Crippen LogP contribution is -2.57. The number of hydrogen-bond acceptors (Lipinski definition) is 3. The Morgan fingerprint density at radius 1 is 1.07 bits per heavy atom. The van der Waals surface area contributed by atoms with Crippen LogP contribution in [-0.2, 0) is 9.59 Å². The maximum atomic E-state index is 13.3. The first-order valence-electron chi connectivity index (χ1n) is 12.2. The molecule has 0 aromatic rings. The number of nitrogens with zero attached hydrogens (tertiary/aromatic N) is 2. The molecule has 7 atom stereocenters. The SMILES string of the molecule is CCC1C(=O)CC[C@@]2(C)C1=NCC1C2CC[C@@]2(C)C1CC[C@@H]2C(=O)N(CC)CC. The summed E-state index contributed by atoms with van der Waals surface area (Å²) >= 11 is 0. The van der Waals surface area contributed by atoms with E-state index in [9.17, 15) is 9.59 Å².